The van der Waals surface area contributed by atoms with Gasteiger partial charge in [0.2, 0.25) is 5.91 Å². The maximum atomic E-state index is 12.0. The van der Waals surface area contributed by atoms with E-state index in [4.69, 9.17) is 21.2 Å². The third-order valence-corrected chi connectivity index (χ3v) is 3.75. The van der Waals surface area contributed by atoms with Gasteiger partial charge in [0.05, 0.1) is 18.7 Å². The first-order chi connectivity index (χ1) is 12.7. The Balaban J connectivity index is 1.84. The van der Waals surface area contributed by atoms with Crippen LogP contribution in [-0.2, 0) is 17.8 Å². The van der Waals surface area contributed by atoms with E-state index < -0.39 is 0 Å². The molecule has 0 heterocycles. The number of benzene rings is 2. The Morgan fingerprint density at radius 2 is 1.88 bits per heavy atom. The number of methoxy groups -OCH3 is 1. The van der Waals surface area contributed by atoms with E-state index in [9.17, 15) is 4.79 Å². The summed E-state index contributed by atoms with van der Waals surface area (Å²) < 4.78 is 10.7. The second-order valence-corrected chi connectivity index (χ2v) is 5.56. The zero-order valence-electron chi connectivity index (χ0n) is 14.6. The number of carbonyl (C=O) groups is 1. The molecule has 2 aromatic carbocycles. The smallest absolute Gasteiger partial charge is 0.220 e. The van der Waals surface area contributed by atoms with E-state index in [0.29, 0.717) is 36.4 Å². The standard InChI is InChI=1S/C21H20N2O3/c1-3-12-26-19-10-8-16(13-20(19)25-2)9-11-21(24)23-15-18-6-4-17(14-22)5-7-18/h1,4-8,10,13H,9,11-12,15H2,2H3,(H,23,24). The highest BCUT2D eigenvalue weighted by Crippen LogP contribution is 2.28. The summed E-state index contributed by atoms with van der Waals surface area (Å²) in [5.41, 5.74) is 2.53. The van der Waals surface area contributed by atoms with E-state index in [0.717, 1.165) is 11.1 Å². The summed E-state index contributed by atoms with van der Waals surface area (Å²) in [6.07, 6.45) is 6.14. The van der Waals surface area contributed by atoms with Gasteiger partial charge < -0.3 is 14.8 Å². The van der Waals surface area contributed by atoms with Gasteiger partial charge in [-0.2, -0.15) is 5.26 Å². The molecular weight excluding hydrogens is 328 g/mol. The number of amides is 1. The fourth-order valence-electron chi connectivity index (χ4n) is 2.35. The molecule has 5 nitrogen and oxygen atoms in total. The molecule has 0 aliphatic heterocycles. The molecule has 26 heavy (non-hydrogen) atoms. The summed E-state index contributed by atoms with van der Waals surface area (Å²) in [5, 5.41) is 11.7. The largest absolute Gasteiger partial charge is 0.493 e. The average Bonchev–Trinajstić information content (AvgIpc) is 2.69. The fourth-order valence-corrected chi connectivity index (χ4v) is 2.35. The Labute approximate surface area is 153 Å². The average molecular weight is 348 g/mol. The predicted molar refractivity (Wildman–Crippen MR) is 98.6 cm³/mol. The highest BCUT2D eigenvalue weighted by atomic mass is 16.5. The van der Waals surface area contributed by atoms with Crippen LogP contribution in [0.15, 0.2) is 42.5 Å². The maximum Gasteiger partial charge on any atom is 0.220 e. The molecule has 0 aliphatic carbocycles. The van der Waals surface area contributed by atoms with E-state index in [1.54, 1.807) is 25.3 Å². The minimum atomic E-state index is -0.0408. The summed E-state index contributed by atoms with van der Waals surface area (Å²) in [5.74, 6) is 3.54. The van der Waals surface area contributed by atoms with Crippen molar-refractivity contribution >= 4 is 5.91 Å². The van der Waals surface area contributed by atoms with Crippen molar-refractivity contribution in [3.05, 3.63) is 59.2 Å². The van der Waals surface area contributed by atoms with Crippen LogP contribution in [0.1, 0.15) is 23.1 Å². The number of ether oxygens (including phenoxy) is 2. The van der Waals surface area contributed by atoms with E-state index in [-0.39, 0.29) is 12.5 Å². The molecule has 0 saturated carbocycles. The molecular formula is C21H20N2O3. The van der Waals surface area contributed by atoms with Gasteiger partial charge in [-0.15, -0.1) is 6.42 Å². The second-order valence-electron chi connectivity index (χ2n) is 5.56. The Morgan fingerprint density at radius 3 is 2.54 bits per heavy atom. The van der Waals surface area contributed by atoms with Gasteiger partial charge in [-0.05, 0) is 41.8 Å². The molecule has 1 amide bonds. The van der Waals surface area contributed by atoms with Crippen molar-refractivity contribution < 1.29 is 14.3 Å². The predicted octanol–water partition coefficient (Wildman–Crippen LogP) is 2.83. The van der Waals surface area contributed by atoms with Crippen LogP contribution in [0.3, 0.4) is 0 Å². The lowest BCUT2D eigenvalue weighted by atomic mass is 10.1. The number of nitrogens with one attached hydrogen (secondary N) is 1. The van der Waals surface area contributed by atoms with E-state index in [2.05, 4.69) is 17.3 Å². The van der Waals surface area contributed by atoms with E-state index >= 15 is 0 Å². The number of rotatable bonds is 8. The van der Waals surface area contributed by atoms with Crippen molar-refractivity contribution in [3.63, 3.8) is 0 Å². The first kappa shape index (κ1) is 18.9. The third-order valence-electron chi connectivity index (χ3n) is 3.75. The second kappa shape index (κ2) is 9.76. The molecule has 2 rings (SSSR count). The molecule has 0 atom stereocenters. The van der Waals surface area contributed by atoms with Gasteiger partial charge in [0.1, 0.15) is 6.61 Å². The molecule has 1 N–H and O–H groups in total. The number of nitriles is 1. The lowest BCUT2D eigenvalue weighted by Crippen LogP contribution is -2.22. The molecule has 0 aliphatic rings. The quantitative estimate of drug-likeness (QED) is 0.745. The van der Waals surface area contributed by atoms with Gasteiger partial charge >= 0.3 is 0 Å². The lowest BCUT2D eigenvalue weighted by Gasteiger charge is -2.11. The van der Waals surface area contributed by atoms with Gasteiger partial charge in [0, 0.05) is 13.0 Å². The van der Waals surface area contributed by atoms with Gasteiger partial charge in [-0.1, -0.05) is 24.1 Å². The van der Waals surface area contributed by atoms with E-state index in [1.165, 1.54) is 0 Å². The highest BCUT2D eigenvalue weighted by Gasteiger charge is 2.08. The monoisotopic (exact) mass is 348 g/mol. The molecule has 0 bridgehead atoms. The number of terminal acetylenes is 1. The number of hydrogen-bond donors (Lipinski definition) is 1. The fraction of sp³-hybridized carbons (Fsp3) is 0.238. The summed E-state index contributed by atoms with van der Waals surface area (Å²) in [7, 11) is 1.56. The minimum Gasteiger partial charge on any atom is -0.493 e. The van der Waals surface area contributed by atoms with Crippen molar-refractivity contribution in [3.8, 4) is 29.9 Å². The summed E-state index contributed by atoms with van der Waals surface area (Å²) in [4.78, 5) is 12.0. The van der Waals surface area contributed by atoms with Gasteiger partial charge in [0.25, 0.3) is 0 Å². The van der Waals surface area contributed by atoms with Crippen LogP contribution in [-0.4, -0.2) is 19.6 Å². The van der Waals surface area contributed by atoms with Crippen molar-refractivity contribution in [2.45, 2.75) is 19.4 Å². The Hall–Kier alpha value is -3.44. The maximum absolute atomic E-state index is 12.0. The number of carbonyl (C=O) groups excluding carboxylic acids is 1. The third kappa shape index (κ3) is 5.58. The molecule has 5 heteroatoms. The topological polar surface area (TPSA) is 71.3 Å². The van der Waals surface area contributed by atoms with E-state index in [1.807, 2.05) is 24.3 Å². The van der Waals surface area contributed by atoms with Gasteiger partial charge in [0.15, 0.2) is 11.5 Å². The Bertz CT molecular complexity index is 830. The van der Waals surface area contributed by atoms with Crippen LogP contribution in [0.25, 0.3) is 0 Å². The van der Waals surface area contributed by atoms with Crippen molar-refractivity contribution in [1.29, 1.82) is 5.26 Å². The molecule has 0 aromatic heterocycles. The van der Waals surface area contributed by atoms with Crippen LogP contribution in [0.4, 0.5) is 0 Å². The first-order valence-electron chi connectivity index (χ1n) is 8.15. The molecule has 132 valence electrons. The lowest BCUT2D eigenvalue weighted by molar-refractivity contribution is -0.121. The molecule has 0 spiro atoms. The zero-order valence-corrected chi connectivity index (χ0v) is 14.6. The SMILES string of the molecule is C#CCOc1ccc(CCC(=O)NCc2ccc(C#N)cc2)cc1OC. The number of nitrogens with zero attached hydrogens (tertiary/aromatic N) is 1. The normalized spacial score (nSPS) is 9.65. The van der Waals surface area contributed by atoms with Crippen LogP contribution in [0.2, 0.25) is 0 Å². The molecule has 0 radical (unpaired) electrons. The Morgan fingerprint density at radius 1 is 1.15 bits per heavy atom. The van der Waals surface area contributed by atoms with Crippen LogP contribution >= 0.6 is 0 Å². The zero-order chi connectivity index (χ0) is 18.8. The van der Waals surface area contributed by atoms with Gasteiger partial charge in [-0.3, -0.25) is 4.79 Å². The highest BCUT2D eigenvalue weighted by molar-refractivity contribution is 5.76. The minimum absolute atomic E-state index is 0.0408. The number of aryl methyl sites for hydroxylation is 1. The number of hydrogen-bond acceptors (Lipinski definition) is 4. The van der Waals surface area contributed by atoms with Crippen molar-refractivity contribution in [1.82, 2.24) is 5.32 Å². The molecule has 0 unspecified atom stereocenters. The summed E-state index contributed by atoms with van der Waals surface area (Å²) >= 11 is 0. The van der Waals surface area contributed by atoms with Crippen LogP contribution < -0.4 is 14.8 Å². The van der Waals surface area contributed by atoms with Gasteiger partial charge in [-0.25, -0.2) is 0 Å². The molecule has 2 aromatic rings. The molecule has 0 saturated heterocycles. The summed E-state index contributed by atoms with van der Waals surface area (Å²) in [6, 6.07) is 14.7. The van der Waals surface area contributed by atoms with Crippen molar-refractivity contribution in [2.24, 2.45) is 0 Å². The summed E-state index contributed by atoms with van der Waals surface area (Å²) in [6.45, 7) is 0.611. The Kier molecular flexibility index (Phi) is 7.09. The van der Waals surface area contributed by atoms with Crippen LogP contribution in [0, 0.1) is 23.7 Å². The molecule has 0 fully saturated rings. The first-order valence-corrected chi connectivity index (χ1v) is 8.15. The van der Waals surface area contributed by atoms with Crippen molar-refractivity contribution in [2.75, 3.05) is 13.7 Å². The van der Waals surface area contributed by atoms with Crippen LogP contribution in [0.5, 0.6) is 11.5 Å².